The Kier molecular flexibility index (Phi) is 3.58. The molecule has 0 fully saturated rings. The minimum atomic E-state index is -0.331. The highest BCUT2D eigenvalue weighted by molar-refractivity contribution is 7.21. The van der Waals surface area contributed by atoms with Gasteiger partial charge in [0.15, 0.2) is 0 Å². The Morgan fingerprint density at radius 1 is 1.14 bits per heavy atom. The molecule has 3 nitrogen and oxygen atoms in total. The zero-order chi connectivity index (χ0) is 14.8. The number of amides is 1. The van der Waals surface area contributed by atoms with E-state index in [2.05, 4.69) is 5.32 Å². The van der Waals surface area contributed by atoms with Crippen molar-refractivity contribution in [2.45, 2.75) is 6.54 Å². The molecule has 0 atom stereocenters. The molecule has 0 aliphatic rings. The van der Waals surface area contributed by atoms with Gasteiger partial charge in [0.2, 0.25) is 0 Å². The molecule has 0 bridgehead atoms. The second kappa shape index (κ2) is 5.54. The zero-order valence-electron chi connectivity index (χ0n) is 11.1. The van der Waals surface area contributed by atoms with Crippen LogP contribution in [0.3, 0.4) is 0 Å². The number of nitrogens with one attached hydrogen (secondary N) is 1. The zero-order valence-corrected chi connectivity index (χ0v) is 11.9. The van der Waals surface area contributed by atoms with Gasteiger partial charge in [-0.15, -0.1) is 11.3 Å². The Labute approximate surface area is 125 Å². The Balaban J connectivity index is 1.81. The number of carbonyl (C=O) groups is 1. The Bertz CT molecular complexity index is 813. The molecule has 1 heterocycles. The lowest BCUT2D eigenvalue weighted by Gasteiger charge is -2.05. The monoisotopic (exact) mass is 300 g/mol. The predicted octanol–water partition coefficient (Wildman–Crippen LogP) is 3.55. The van der Waals surface area contributed by atoms with Crippen molar-refractivity contribution in [3.63, 3.8) is 0 Å². The second-order valence-electron chi connectivity index (χ2n) is 4.62. The highest BCUT2D eigenvalue weighted by atomic mass is 32.1. The molecular formula is C16H13FN2OS. The molecule has 3 N–H and O–H groups in total. The van der Waals surface area contributed by atoms with Gasteiger partial charge in [-0.05, 0) is 12.1 Å². The molecule has 21 heavy (non-hydrogen) atoms. The summed E-state index contributed by atoms with van der Waals surface area (Å²) >= 11 is 1.34. The first kappa shape index (κ1) is 13.6. The number of anilines is 1. The van der Waals surface area contributed by atoms with Gasteiger partial charge >= 0.3 is 0 Å². The van der Waals surface area contributed by atoms with Crippen LogP contribution in [-0.4, -0.2) is 5.91 Å². The highest BCUT2D eigenvalue weighted by Crippen LogP contribution is 2.33. The Morgan fingerprint density at radius 3 is 2.62 bits per heavy atom. The molecule has 0 saturated heterocycles. The molecule has 0 unspecified atom stereocenters. The van der Waals surface area contributed by atoms with Gasteiger partial charge in [0.1, 0.15) is 10.7 Å². The van der Waals surface area contributed by atoms with Gasteiger partial charge in [-0.1, -0.05) is 36.4 Å². The number of hydrogen-bond donors (Lipinski definition) is 2. The van der Waals surface area contributed by atoms with Crippen molar-refractivity contribution in [2.75, 3.05) is 5.73 Å². The van der Waals surface area contributed by atoms with Crippen molar-refractivity contribution in [2.24, 2.45) is 0 Å². The van der Waals surface area contributed by atoms with Crippen LogP contribution in [0.5, 0.6) is 0 Å². The van der Waals surface area contributed by atoms with Crippen molar-refractivity contribution in [3.8, 4) is 0 Å². The van der Waals surface area contributed by atoms with E-state index in [9.17, 15) is 9.18 Å². The molecule has 2 aromatic carbocycles. The van der Waals surface area contributed by atoms with E-state index in [1.54, 1.807) is 18.2 Å². The summed E-state index contributed by atoms with van der Waals surface area (Å²) in [5.74, 6) is -0.612. The van der Waals surface area contributed by atoms with E-state index >= 15 is 0 Å². The van der Waals surface area contributed by atoms with Crippen LogP contribution in [0.2, 0.25) is 0 Å². The summed E-state index contributed by atoms with van der Waals surface area (Å²) in [6.45, 7) is 0.138. The van der Waals surface area contributed by atoms with E-state index in [0.29, 0.717) is 16.1 Å². The number of fused-ring (bicyclic) bond motifs is 1. The maximum absolute atomic E-state index is 13.5. The lowest BCUT2D eigenvalue weighted by molar-refractivity contribution is 0.0955. The third kappa shape index (κ3) is 2.60. The molecular weight excluding hydrogens is 287 g/mol. The van der Waals surface area contributed by atoms with E-state index in [0.717, 1.165) is 10.1 Å². The fourth-order valence-electron chi connectivity index (χ4n) is 2.13. The van der Waals surface area contributed by atoms with E-state index in [1.165, 1.54) is 17.4 Å². The average molecular weight is 300 g/mol. The fraction of sp³-hybridized carbons (Fsp3) is 0.0625. The summed E-state index contributed by atoms with van der Waals surface area (Å²) in [4.78, 5) is 12.7. The number of benzene rings is 2. The van der Waals surface area contributed by atoms with E-state index in [-0.39, 0.29) is 18.3 Å². The van der Waals surface area contributed by atoms with Gasteiger partial charge in [-0.3, -0.25) is 4.79 Å². The molecule has 0 radical (unpaired) electrons. The van der Waals surface area contributed by atoms with Crippen molar-refractivity contribution in [3.05, 3.63) is 64.8 Å². The molecule has 5 heteroatoms. The minimum Gasteiger partial charge on any atom is -0.397 e. The number of rotatable bonds is 3. The van der Waals surface area contributed by atoms with Crippen LogP contribution in [0.15, 0.2) is 48.5 Å². The lowest BCUT2D eigenvalue weighted by Crippen LogP contribution is -2.23. The van der Waals surface area contributed by atoms with Crippen molar-refractivity contribution >= 4 is 33.0 Å². The molecule has 0 aliphatic heterocycles. The van der Waals surface area contributed by atoms with Crippen LogP contribution in [0.4, 0.5) is 10.1 Å². The first-order valence-electron chi connectivity index (χ1n) is 6.45. The van der Waals surface area contributed by atoms with E-state index < -0.39 is 0 Å². The molecule has 1 amide bonds. The van der Waals surface area contributed by atoms with Gasteiger partial charge in [0, 0.05) is 22.2 Å². The van der Waals surface area contributed by atoms with Crippen LogP contribution in [-0.2, 0) is 6.54 Å². The van der Waals surface area contributed by atoms with Crippen LogP contribution in [0.1, 0.15) is 15.2 Å². The minimum absolute atomic E-state index is 0.138. The number of nitrogens with two attached hydrogens (primary N) is 1. The summed E-state index contributed by atoms with van der Waals surface area (Å²) in [7, 11) is 0. The van der Waals surface area contributed by atoms with Gasteiger partial charge in [0.25, 0.3) is 5.91 Å². The molecule has 1 aromatic heterocycles. The first-order valence-corrected chi connectivity index (χ1v) is 7.27. The van der Waals surface area contributed by atoms with Gasteiger partial charge in [0.05, 0.1) is 5.69 Å². The Hall–Kier alpha value is -2.40. The summed E-state index contributed by atoms with van der Waals surface area (Å²) in [5.41, 5.74) is 6.94. The summed E-state index contributed by atoms with van der Waals surface area (Å²) in [6.07, 6.45) is 0. The summed E-state index contributed by atoms with van der Waals surface area (Å²) in [5, 5.41) is 3.58. The standard InChI is InChI=1S/C16H13FN2OS/c17-12-7-3-1-5-10(12)9-19-16(20)15-14(18)11-6-2-4-8-13(11)21-15/h1-8H,9,18H2,(H,19,20). The highest BCUT2D eigenvalue weighted by Gasteiger charge is 2.16. The maximum Gasteiger partial charge on any atom is 0.263 e. The molecule has 0 saturated carbocycles. The number of nitrogen functional groups attached to an aromatic ring is 1. The number of thiophene rings is 1. The van der Waals surface area contributed by atoms with Crippen LogP contribution < -0.4 is 11.1 Å². The Morgan fingerprint density at radius 2 is 1.86 bits per heavy atom. The first-order chi connectivity index (χ1) is 10.2. The van der Waals surface area contributed by atoms with Crippen LogP contribution >= 0.6 is 11.3 Å². The second-order valence-corrected chi connectivity index (χ2v) is 5.67. The summed E-state index contributed by atoms with van der Waals surface area (Å²) in [6, 6.07) is 14.0. The van der Waals surface area contributed by atoms with Gasteiger partial charge < -0.3 is 11.1 Å². The smallest absolute Gasteiger partial charge is 0.263 e. The molecule has 0 aliphatic carbocycles. The van der Waals surface area contributed by atoms with E-state index in [1.807, 2.05) is 24.3 Å². The maximum atomic E-state index is 13.5. The van der Waals surface area contributed by atoms with Crippen molar-refractivity contribution < 1.29 is 9.18 Å². The average Bonchev–Trinajstić information content (AvgIpc) is 2.84. The van der Waals surface area contributed by atoms with Gasteiger partial charge in [-0.25, -0.2) is 4.39 Å². The number of halogens is 1. The van der Waals surface area contributed by atoms with E-state index in [4.69, 9.17) is 5.73 Å². The van der Waals surface area contributed by atoms with Crippen LogP contribution in [0.25, 0.3) is 10.1 Å². The largest absolute Gasteiger partial charge is 0.397 e. The third-order valence-electron chi connectivity index (χ3n) is 3.24. The van der Waals surface area contributed by atoms with Crippen LogP contribution in [0, 0.1) is 5.82 Å². The topological polar surface area (TPSA) is 55.1 Å². The quantitative estimate of drug-likeness (QED) is 0.777. The molecule has 106 valence electrons. The van der Waals surface area contributed by atoms with Crippen molar-refractivity contribution in [1.29, 1.82) is 0 Å². The van der Waals surface area contributed by atoms with Gasteiger partial charge in [-0.2, -0.15) is 0 Å². The number of carbonyl (C=O) groups excluding carboxylic acids is 1. The SMILES string of the molecule is Nc1c(C(=O)NCc2ccccc2F)sc2ccccc12. The van der Waals surface area contributed by atoms with Crippen molar-refractivity contribution in [1.82, 2.24) is 5.32 Å². The molecule has 3 aromatic rings. The molecule has 0 spiro atoms. The predicted molar refractivity (Wildman–Crippen MR) is 83.8 cm³/mol. The lowest BCUT2D eigenvalue weighted by atomic mass is 10.2. The third-order valence-corrected chi connectivity index (χ3v) is 4.42. The molecule has 3 rings (SSSR count). The fourth-order valence-corrected chi connectivity index (χ4v) is 3.17. The normalized spacial score (nSPS) is 10.7. The number of hydrogen-bond acceptors (Lipinski definition) is 3. The summed E-state index contributed by atoms with van der Waals surface area (Å²) < 4.78 is 14.5.